The number of hydrogen-bond donors (Lipinski definition) is 1. The Morgan fingerprint density at radius 2 is 1.48 bits per heavy atom. The molecule has 1 aliphatic heterocycles. The van der Waals surface area contributed by atoms with Crippen molar-refractivity contribution in [1.82, 2.24) is 10.3 Å². The van der Waals surface area contributed by atoms with Crippen LogP contribution in [0.4, 0.5) is 26.3 Å². The molecule has 0 atom stereocenters. The fourth-order valence-corrected chi connectivity index (χ4v) is 3.87. The second kappa shape index (κ2) is 6.60. The molecule has 0 unspecified atom stereocenters. The van der Waals surface area contributed by atoms with Gasteiger partial charge in [-0.3, -0.25) is 0 Å². The first-order chi connectivity index (χ1) is 11.6. The topological polar surface area (TPSA) is 24.9 Å². The molecule has 2 nitrogen and oxygen atoms in total. The monoisotopic (exact) mass is 380 g/mol. The van der Waals surface area contributed by atoms with E-state index in [1.165, 1.54) is 0 Å². The van der Waals surface area contributed by atoms with Crippen LogP contribution in [-0.4, -0.2) is 18.1 Å². The lowest BCUT2D eigenvalue weighted by Crippen LogP contribution is -2.26. The van der Waals surface area contributed by atoms with E-state index < -0.39 is 23.5 Å². The lowest BCUT2D eigenvalue weighted by atomic mass is 9.97. The Labute approximate surface area is 143 Å². The third kappa shape index (κ3) is 4.14. The normalized spacial score (nSPS) is 17.0. The minimum absolute atomic E-state index is 0.130. The van der Waals surface area contributed by atoms with E-state index in [1.807, 2.05) is 0 Å². The van der Waals surface area contributed by atoms with Gasteiger partial charge in [0.2, 0.25) is 0 Å². The Balaban J connectivity index is 2.00. The first-order valence-corrected chi connectivity index (χ1v) is 8.42. The Bertz CT molecular complexity index is 712. The van der Waals surface area contributed by atoms with E-state index in [0.717, 1.165) is 54.3 Å². The van der Waals surface area contributed by atoms with Gasteiger partial charge in [-0.15, -0.1) is 11.3 Å². The second-order valence-electron chi connectivity index (χ2n) is 5.89. The van der Waals surface area contributed by atoms with Crippen LogP contribution in [0.3, 0.4) is 0 Å². The van der Waals surface area contributed by atoms with Crippen LogP contribution in [0.1, 0.15) is 34.8 Å². The molecule has 1 fully saturated rings. The van der Waals surface area contributed by atoms with Crippen LogP contribution in [-0.2, 0) is 12.4 Å². The molecule has 1 saturated heterocycles. The number of thiazole rings is 1. The number of aromatic nitrogens is 1. The Hall–Kier alpha value is -1.61. The summed E-state index contributed by atoms with van der Waals surface area (Å²) in [5.41, 5.74) is -2.81. The molecule has 9 heteroatoms. The van der Waals surface area contributed by atoms with Gasteiger partial charge in [0.15, 0.2) is 0 Å². The van der Waals surface area contributed by atoms with Crippen LogP contribution in [0.2, 0.25) is 0 Å². The predicted octanol–water partition coefficient (Wildman–Crippen LogP) is 5.31. The van der Waals surface area contributed by atoms with Crippen molar-refractivity contribution in [2.75, 3.05) is 13.1 Å². The van der Waals surface area contributed by atoms with Crippen LogP contribution in [0.25, 0.3) is 10.6 Å². The molecule has 1 aliphatic rings. The maximum absolute atomic E-state index is 13.0. The van der Waals surface area contributed by atoms with E-state index >= 15 is 0 Å². The highest BCUT2D eigenvalue weighted by molar-refractivity contribution is 7.15. The highest BCUT2D eigenvalue weighted by Crippen LogP contribution is 2.40. The molecule has 25 heavy (non-hydrogen) atoms. The van der Waals surface area contributed by atoms with Crippen molar-refractivity contribution in [2.24, 2.45) is 0 Å². The molecular weight excluding hydrogens is 366 g/mol. The molecule has 1 aromatic carbocycles. The molecule has 2 aromatic rings. The summed E-state index contributed by atoms with van der Waals surface area (Å²) < 4.78 is 77.7. The Kier molecular flexibility index (Phi) is 4.80. The summed E-state index contributed by atoms with van der Waals surface area (Å²) in [5, 5.41) is 3.38. The van der Waals surface area contributed by atoms with Gasteiger partial charge in [-0.1, -0.05) is 0 Å². The summed E-state index contributed by atoms with van der Waals surface area (Å²) in [6.07, 6.45) is -6.41. The number of alkyl halides is 6. The molecule has 3 rings (SSSR count). The van der Waals surface area contributed by atoms with Gasteiger partial charge in [0.05, 0.1) is 11.1 Å². The van der Waals surface area contributed by atoms with Gasteiger partial charge in [0.1, 0.15) is 5.01 Å². The molecular formula is C16H14F6N2S. The summed E-state index contributed by atoms with van der Waals surface area (Å²) in [4.78, 5) is 4.96. The van der Waals surface area contributed by atoms with Crippen molar-refractivity contribution in [1.29, 1.82) is 0 Å². The van der Waals surface area contributed by atoms with Gasteiger partial charge in [-0.2, -0.15) is 26.3 Å². The van der Waals surface area contributed by atoms with Gasteiger partial charge < -0.3 is 5.32 Å². The molecule has 0 spiro atoms. The molecule has 1 aromatic heterocycles. The zero-order valence-corrected chi connectivity index (χ0v) is 13.7. The summed E-state index contributed by atoms with van der Waals surface area (Å²) in [6, 6.07) is 1.57. The number of hydrogen-bond acceptors (Lipinski definition) is 3. The Morgan fingerprint density at radius 1 is 0.920 bits per heavy atom. The number of rotatable bonds is 2. The average molecular weight is 380 g/mol. The van der Waals surface area contributed by atoms with E-state index in [0.29, 0.717) is 0 Å². The van der Waals surface area contributed by atoms with Crippen molar-refractivity contribution in [3.8, 4) is 10.6 Å². The molecule has 0 aliphatic carbocycles. The van der Waals surface area contributed by atoms with Gasteiger partial charge >= 0.3 is 12.4 Å². The van der Waals surface area contributed by atoms with Crippen molar-refractivity contribution >= 4 is 11.3 Å². The molecule has 1 N–H and O–H groups in total. The van der Waals surface area contributed by atoms with Crippen molar-refractivity contribution in [3.05, 3.63) is 40.4 Å². The van der Waals surface area contributed by atoms with E-state index in [9.17, 15) is 26.3 Å². The van der Waals surface area contributed by atoms with Crippen LogP contribution in [0.5, 0.6) is 0 Å². The fourth-order valence-electron chi connectivity index (χ4n) is 2.79. The minimum Gasteiger partial charge on any atom is -0.317 e. The zero-order valence-electron chi connectivity index (χ0n) is 12.8. The molecule has 136 valence electrons. The van der Waals surface area contributed by atoms with Crippen LogP contribution in [0, 0.1) is 0 Å². The van der Waals surface area contributed by atoms with Crippen molar-refractivity contribution < 1.29 is 26.3 Å². The number of nitrogens with zero attached hydrogens (tertiary/aromatic N) is 1. The first kappa shape index (κ1) is 18.2. The molecule has 2 heterocycles. The number of piperidine rings is 1. The number of nitrogens with one attached hydrogen (secondary N) is 1. The van der Waals surface area contributed by atoms with Crippen LogP contribution >= 0.6 is 11.3 Å². The van der Waals surface area contributed by atoms with Gasteiger partial charge in [-0.25, -0.2) is 4.98 Å². The van der Waals surface area contributed by atoms with E-state index in [2.05, 4.69) is 10.3 Å². The minimum atomic E-state index is -4.86. The van der Waals surface area contributed by atoms with Gasteiger partial charge in [-0.05, 0) is 50.0 Å². The van der Waals surface area contributed by atoms with E-state index in [-0.39, 0.29) is 22.6 Å². The van der Waals surface area contributed by atoms with Crippen molar-refractivity contribution in [3.63, 3.8) is 0 Å². The summed E-state index contributed by atoms with van der Waals surface area (Å²) >= 11 is 1.16. The fraction of sp³-hybridized carbons (Fsp3) is 0.438. The summed E-state index contributed by atoms with van der Waals surface area (Å²) in [7, 11) is 0. The molecule has 0 amide bonds. The maximum atomic E-state index is 13.0. The summed E-state index contributed by atoms with van der Waals surface area (Å²) in [6.45, 7) is 1.67. The van der Waals surface area contributed by atoms with E-state index in [4.69, 9.17) is 0 Å². The second-order valence-corrected chi connectivity index (χ2v) is 6.95. The Morgan fingerprint density at radius 3 is 2.00 bits per heavy atom. The molecule has 0 radical (unpaired) electrons. The van der Waals surface area contributed by atoms with Crippen LogP contribution < -0.4 is 5.32 Å². The molecule has 0 saturated carbocycles. The van der Waals surface area contributed by atoms with E-state index in [1.54, 1.807) is 6.20 Å². The molecule has 0 bridgehead atoms. The first-order valence-electron chi connectivity index (χ1n) is 7.61. The van der Waals surface area contributed by atoms with Gasteiger partial charge in [0, 0.05) is 16.6 Å². The smallest absolute Gasteiger partial charge is 0.317 e. The summed E-state index contributed by atoms with van der Waals surface area (Å²) in [5.74, 6) is 0.236. The van der Waals surface area contributed by atoms with Gasteiger partial charge in [0.25, 0.3) is 0 Å². The number of benzene rings is 1. The van der Waals surface area contributed by atoms with Crippen molar-refractivity contribution in [2.45, 2.75) is 31.1 Å². The SMILES string of the molecule is FC(F)(F)c1cc(-c2ncc(C3CCNCC3)s2)cc(C(F)(F)F)c1. The highest BCUT2D eigenvalue weighted by Gasteiger charge is 2.37. The lowest BCUT2D eigenvalue weighted by Gasteiger charge is -2.20. The lowest BCUT2D eigenvalue weighted by molar-refractivity contribution is -0.143. The largest absolute Gasteiger partial charge is 0.416 e. The maximum Gasteiger partial charge on any atom is 0.416 e. The highest BCUT2D eigenvalue weighted by atomic mass is 32.1. The quantitative estimate of drug-likeness (QED) is 0.714. The number of halogens is 6. The zero-order chi connectivity index (χ0) is 18.2. The van der Waals surface area contributed by atoms with Crippen LogP contribution in [0.15, 0.2) is 24.4 Å². The predicted molar refractivity (Wildman–Crippen MR) is 82.4 cm³/mol. The average Bonchev–Trinajstić information content (AvgIpc) is 3.04. The third-order valence-corrected chi connectivity index (χ3v) is 5.31. The third-order valence-electron chi connectivity index (χ3n) is 4.10. The standard InChI is InChI=1S/C16H14F6N2S/c17-15(18,19)11-5-10(6-12(7-11)16(20,21)22)14-24-8-13(25-14)9-1-3-23-4-2-9/h5-9,23H,1-4H2.